The van der Waals surface area contributed by atoms with Crippen LogP contribution in [-0.4, -0.2) is 5.38 Å². The third-order valence-corrected chi connectivity index (χ3v) is 1.67. The van der Waals surface area contributed by atoms with E-state index < -0.39 is 0 Å². The van der Waals surface area contributed by atoms with Gasteiger partial charge >= 0.3 is 0 Å². The van der Waals surface area contributed by atoms with E-state index in [1.165, 1.54) is 32.1 Å². The molecule has 0 bridgehead atoms. The van der Waals surface area contributed by atoms with Gasteiger partial charge < -0.3 is 0 Å². The van der Waals surface area contributed by atoms with E-state index in [0.717, 1.165) is 0 Å². The number of halogens is 1. The van der Waals surface area contributed by atoms with Crippen molar-refractivity contribution in [3.8, 4) is 0 Å². The number of rotatable bonds is 5. The zero-order valence-electron chi connectivity index (χ0n) is 6.49. The monoisotopic (exact) mass is 148 g/mol. The van der Waals surface area contributed by atoms with Crippen LogP contribution in [-0.2, 0) is 0 Å². The van der Waals surface area contributed by atoms with Crippen LogP contribution in [0.1, 0.15) is 46.0 Å². The Morgan fingerprint density at radius 2 is 1.89 bits per heavy atom. The van der Waals surface area contributed by atoms with Gasteiger partial charge in [0.1, 0.15) is 0 Å². The Labute approximate surface area is 63.6 Å². The summed E-state index contributed by atoms with van der Waals surface area (Å²) in [7, 11) is 0. The molecular weight excluding hydrogens is 132 g/mol. The largest absolute Gasteiger partial charge is 0.123 e. The average Bonchev–Trinajstić information content (AvgIpc) is 1.80. The van der Waals surface area contributed by atoms with Gasteiger partial charge in [0.15, 0.2) is 0 Å². The van der Waals surface area contributed by atoms with Gasteiger partial charge in [0.25, 0.3) is 0 Å². The first-order valence-corrected chi connectivity index (χ1v) is 4.35. The minimum atomic E-state index is 0.377. The summed E-state index contributed by atoms with van der Waals surface area (Å²) >= 11 is 5.76. The van der Waals surface area contributed by atoms with Gasteiger partial charge in [-0.1, -0.05) is 32.6 Å². The Morgan fingerprint density at radius 3 is 2.33 bits per heavy atom. The molecule has 1 atom stereocenters. The summed E-state index contributed by atoms with van der Waals surface area (Å²) in [5.74, 6) is 0. The molecule has 0 aliphatic heterocycles. The third kappa shape index (κ3) is 8.29. The highest BCUT2D eigenvalue weighted by atomic mass is 35.5. The van der Waals surface area contributed by atoms with Crippen LogP contribution in [0.5, 0.6) is 0 Å². The highest BCUT2D eigenvalue weighted by Gasteiger charge is 1.93. The minimum Gasteiger partial charge on any atom is -0.123 e. The van der Waals surface area contributed by atoms with E-state index in [9.17, 15) is 0 Å². The fraction of sp³-hybridized carbons (Fsp3) is 1.00. The molecule has 0 spiro atoms. The lowest BCUT2D eigenvalue weighted by Crippen LogP contribution is -1.89. The van der Waals surface area contributed by atoms with Crippen molar-refractivity contribution in [2.45, 2.75) is 51.3 Å². The van der Waals surface area contributed by atoms with Gasteiger partial charge in [0.05, 0.1) is 0 Å². The second kappa shape index (κ2) is 6.41. The third-order valence-electron chi connectivity index (χ3n) is 1.46. The lowest BCUT2D eigenvalue weighted by Gasteiger charge is -2.00. The normalized spacial score (nSPS) is 13.7. The van der Waals surface area contributed by atoms with E-state index in [1.807, 2.05) is 0 Å². The van der Waals surface area contributed by atoms with Crippen LogP contribution in [0, 0.1) is 0 Å². The van der Waals surface area contributed by atoms with Crippen LogP contribution in [0.15, 0.2) is 0 Å². The van der Waals surface area contributed by atoms with Crippen LogP contribution in [0.4, 0.5) is 0 Å². The molecule has 0 unspecified atom stereocenters. The maximum atomic E-state index is 5.76. The van der Waals surface area contributed by atoms with Gasteiger partial charge in [-0.3, -0.25) is 0 Å². The van der Waals surface area contributed by atoms with Crippen molar-refractivity contribution in [3.63, 3.8) is 0 Å². The van der Waals surface area contributed by atoms with Crippen molar-refractivity contribution in [1.29, 1.82) is 0 Å². The molecular formula is C8H17Cl. The van der Waals surface area contributed by atoms with Crippen molar-refractivity contribution < 1.29 is 0 Å². The zero-order chi connectivity index (χ0) is 7.11. The highest BCUT2D eigenvalue weighted by Crippen LogP contribution is 2.08. The Balaban J connectivity index is 2.75. The summed E-state index contributed by atoms with van der Waals surface area (Å²) in [6.45, 7) is 4.29. The predicted molar refractivity (Wildman–Crippen MR) is 44.1 cm³/mol. The molecule has 0 radical (unpaired) electrons. The van der Waals surface area contributed by atoms with E-state index in [0.29, 0.717) is 5.38 Å². The van der Waals surface area contributed by atoms with Gasteiger partial charge in [0, 0.05) is 5.38 Å². The van der Waals surface area contributed by atoms with Gasteiger partial charge in [-0.15, -0.1) is 11.6 Å². The van der Waals surface area contributed by atoms with Crippen LogP contribution >= 0.6 is 11.6 Å². The molecule has 0 saturated heterocycles. The van der Waals surface area contributed by atoms with Crippen LogP contribution in [0.25, 0.3) is 0 Å². The van der Waals surface area contributed by atoms with Crippen LogP contribution < -0.4 is 0 Å². The van der Waals surface area contributed by atoms with E-state index in [1.54, 1.807) is 0 Å². The molecule has 0 N–H and O–H groups in total. The van der Waals surface area contributed by atoms with E-state index in [-0.39, 0.29) is 0 Å². The van der Waals surface area contributed by atoms with Crippen molar-refractivity contribution in [1.82, 2.24) is 0 Å². The van der Waals surface area contributed by atoms with Gasteiger partial charge in [-0.05, 0) is 13.3 Å². The molecule has 0 amide bonds. The molecule has 0 aromatic carbocycles. The summed E-state index contributed by atoms with van der Waals surface area (Å²) in [5, 5.41) is 0.377. The van der Waals surface area contributed by atoms with Crippen molar-refractivity contribution in [2.75, 3.05) is 0 Å². The molecule has 1 heteroatoms. The maximum Gasteiger partial charge on any atom is 0.0307 e. The van der Waals surface area contributed by atoms with E-state index >= 15 is 0 Å². The molecule has 0 saturated carbocycles. The smallest absolute Gasteiger partial charge is 0.0307 e. The standard InChI is InChI=1S/C8H17Cl/c1-3-4-5-6-7-8(2)9/h8H,3-7H2,1-2H3/t8-/m0/s1. The Bertz CT molecular complexity index is 50.5. The molecule has 0 fully saturated rings. The van der Waals surface area contributed by atoms with E-state index in [4.69, 9.17) is 11.6 Å². The van der Waals surface area contributed by atoms with E-state index in [2.05, 4.69) is 13.8 Å². The lowest BCUT2D eigenvalue weighted by atomic mass is 10.1. The Morgan fingerprint density at radius 1 is 1.22 bits per heavy atom. The minimum absolute atomic E-state index is 0.377. The summed E-state index contributed by atoms with van der Waals surface area (Å²) in [6.07, 6.45) is 6.52. The maximum absolute atomic E-state index is 5.76. The second-order valence-corrected chi connectivity index (χ2v) is 3.38. The molecule has 0 aliphatic carbocycles. The number of hydrogen-bond donors (Lipinski definition) is 0. The molecule has 0 aromatic heterocycles. The number of unbranched alkanes of at least 4 members (excludes halogenated alkanes) is 3. The van der Waals surface area contributed by atoms with Crippen molar-refractivity contribution >= 4 is 11.6 Å². The molecule has 0 aliphatic rings. The summed E-state index contributed by atoms with van der Waals surface area (Å²) in [5.41, 5.74) is 0. The highest BCUT2D eigenvalue weighted by molar-refractivity contribution is 6.20. The quantitative estimate of drug-likeness (QED) is 0.413. The first kappa shape index (κ1) is 9.29. The summed E-state index contributed by atoms with van der Waals surface area (Å²) < 4.78 is 0. The molecule has 0 rings (SSSR count). The number of hydrogen-bond acceptors (Lipinski definition) is 0. The fourth-order valence-corrected chi connectivity index (χ4v) is 1.01. The van der Waals surface area contributed by atoms with Crippen molar-refractivity contribution in [3.05, 3.63) is 0 Å². The lowest BCUT2D eigenvalue weighted by molar-refractivity contribution is 0.628. The average molecular weight is 149 g/mol. The first-order chi connectivity index (χ1) is 4.27. The Kier molecular flexibility index (Phi) is 6.62. The molecule has 0 aromatic rings. The second-order valence-electron chi connectivity index (χ2n) is 2.63. The van der Waals surface area contributed by atoms with Gasteiger partial charge in [0.2, 0.25) is 0 Å². The van der Waals surface area contributed by atoms with Gasteiger partial charge in [-0.25, -0.2) is 0 Å². The summed E-state index contributed by atoms with van der Waals surface area (Å²) in [4.78, 5) is 0. The van der Waals surface area contributed by atoms with Crippen LogP contribution in [0.3, 0.4) is 0 Å². The number of alkyl halides is 1. The van der Waals surface area contributed by atoms with Gasteiger partial charge in [-0.2, -0.15) is 0 Å². The molecule has 0 heterocycles. The molecule has 9 heavy (non-hydrogen) atoms. The SMILES string of the molecule is CCCCCC[C@H](C)Cl. The summed E-state index contributed by atoms with van der Waals surface area (Å²) in [6, 6.07) is 0. The fourth-order valence-electron chi connectivity index (χ4n) is 0.852. The molecule has 0 nitrogen and oxygen atoms in total. The predicted octanol–water partition coefficient (Wildman–Crippen LogP) is 3.58. The van der Waals surface area contributed by atoms with Crippen molar-refractivity contribution in [2.24, 2.45) is 0 Å². The Hall–Kier alpha value is 0.290. The first-order valence-electron chi connectivity index (χ1n) is 3.91. The molecule has 56 valence electrons. The van der Waals surface area contributed by atoms with Crippen LogP contribution in [0.2, 0.25) is 0 Å². The topological polar surface area (TPSA) is 0 Å². The zero-order valence-corrected chi connectivity index (χ0v) is 7.25.